The Morgan fingerprint density at radius 1 is 1.06 bits per heavy atom. The monoisotopic (exact) mass is 442 g/mol. The molecule has 7 nitrogen and oxygen atoms in total. The average Bonchev–Trinajstić information content (AvgIpc) is 2.91. The molecule has 3 N–H and O–H groups in total. The fraction of sp³-hybridized carbons (Fsp3) is 0.375. The molecule has 32 heavy (non-hydrogen) atoms. The third kappa shape index (κ3) is 6.37. The molecule has 1 heterocycles. The molecule has 0 unspecified atom stereocenters. The predicted molar refractivity (Wildman–Crippen MR) is 116 cm³/mol. The first-order valence-electron chi connectivity index (χ1n) is 10.6. The number of hydrogen-bond donors (Lipinski definition) is 3. The topological polar surface area (TPSA) is 107 Å². The minimum Gasteiger partial charge on any atom is -0.480 e. The van der Waals surface area contributed by atoms with Crippen molar-refractivity contribution in [2.24, 2.45) is 0 Å². The second kappa shape index (κ2) is 10.9. The number of amides is 1. The van der Waals surface area contributed by atoms with Crippen LogP contribution in [-0.4, -0.2) is 58.1 Å². The summed E-state index contributed by atoms with van der Waals surface area (Å²) in [5.41, 5.74) is 1.81. The van der Waals surface area contributed by atoms with Gasteiger partial charge in [0.15, 0.2) is 0 Å². The maximum atomic E-state index is 13.3. The number of halogens is 1. The van der Waals surface area contributed by atoms with Crippen molar-refractivity contribution in [2.45, 2.75) is 43.7 Å². The van der Waals surface area contributed by atoms with Crippen molar-refractivity contribution in [3.63, 3.8) is 0 Å². The number of nitrogens with one attached hydrogen (secondary N) is 1. The van der Waals surface area contributed by atoms with Crippen molar-refractivity contribution < 1.29 is 29.0 Å². The Labute approximate surface area is 185 Å². The fourth-order valence-corrected chi connectivity index (χ4v) is 4.10. The number of aliphatic carboxylic acids is 2. The van der Waals surface area contributed by atoms with Crippen LogP contribution in [0.25, 0.3) is 0 Å². The number of carboxylic acid groups (broad SMARTS) is 2. The van der Waals surface area contributed by atoms with Crippen LogP contribution in [0.3, 0.4) is 0 Å². The molecule has 2 aromatic rings. The van der Waals surface area contributed by atoms with E-state index in [1.54, 1.807) is 12.1 Å². The summed E-state index contributed by atoms with van der Waals surface area (Å²) < 4.78 is 13.3. The zero-order valence-electron chi connectivity index (χ0n) is 17.6. The number of hydrogen-bond acceptors (Lipinski definition) is 4. The van der Waals surface area contributed by atoms with Gasteiger partial charge in [-0.3, -0.25) is 19.7 Å². The second-order valence-electron chi connectivity index (χ2n) is 8.07. The number of carbonyl (C=O) groups excluding carboxylic acids is 1. The lowest BCUT2D eigenvalue weighted by Crippen LogP contribution is -2.52. The van der Waals surface area contributed by atoms with Gasteiger partial charge in [-0.25, -0.2) is 4.39 Å². The molecule has 1 saturated heterocycles. The van der Waals surface area contributed by atoms with Crippen molar-refractivity contribution in [1.29, 1.82) is 0 Å². The lowest BCUT2D eigenvalue weighted by atomic mass is 9.93. The highest BCUT2D eigenvalue weighted by Crippen LogP contribution is 2.28. The Hall–Kier alpha value is -3.26. The van der Waals surface area contributed by atoms with Crippen LogP contribution in [0.5, 0.6) is 0 Å². The summed E-state index contributed by atoms with van der Waals surface area (Å²) in [7, 11) is 0. The Kier molecular flexibility index (Phi) is 7.94. The van der Waals surface area contributed by atoms with E-state index >= 15 is 0 Å². The van der Waals surface area contributed by atoms with Gasteiger partial charge in [0.2, 0.25) is 5.91 Å². The largest absolute Gasteiger partial charge is 0.480 e. The van der Waals surface area contributed by atoms with Gasteiger partial charge in [0.25, 0.3) is 0 Å². The Balaban J connectivity index is 1.74. The molecule has 0 radical (unpaired) electrons. The van der Waals surface area contributed by atoms with Gasteiger partial charge in [-0.05, 0) is 48.9 Å². The summed E-state index contributed by atoms with van der Waals surface area (Å²) in [5.74, 6) is -3.17. The van der Waals surface area contributed by atoms with E-state index in [9.17, 15) is 29.0 Å². The highest BCUT2D eigenvalue weighted by molar-refractivity contribution is 5.86. The summed E-state index contributed by atoms with van der Waals surface area (Å²) in [6.45, 7) is -0.298. The van der Waals surface area contributed by atoms with E-state index in [4.69, 9.17) is 0 Å². The van der Waals surface area contributed by atoms with E-state index in [2.05, 4.69) is 5.32 Å². The highest BCUT2D eigenvalue weighted by atomic mass is 19.1. The van der Waals surface area contributed by atoms with Gasteiger partial charge in [0.05, 0.1) is 6.04 Å². The van der Waals surface area contributed by atoms with Gasteiger partial charge in [-0.1, -0.05) is 42.5 Å². The van der Waals surface area contributed by atoms with Crippen molar-refractivity contribution in [3.05, 3.63) is 71.5 Å². The Morgan fingerprint density at radius 3 is 2.38 bits per heavy atom. The Bertz CT molecular complexity index is 935. The molecule has 3 atom stereocenters. The maximum absolute atomic E-state index is 13.3. The van der Waals surface area contributed by atoms with Crippen LogP contribution in [0.2, 0.25) is 0 Å². The van der Waals surface area contributed by atoms with Crippen molar-refractivity contribution in [2.75, 3.05) is 13.1 Å². The number of carbonyl (C=O) groups is 3. The van der Waals surface area contributed by atoms with Gasteiger partial charge in [0, 0.05) is 12.5 Å². The van der Waals surface area contributed by atoms with Gasteiger partial charge in [-0.2, -0.15) is 0 Å². The van der Waals surface area contributed by atoms with E-state index in [1.165, 1.54) is 17.0 Å². The molecule has 8 heteroatoms. The van der Waals surface area contributed by atoms with Crippen molar-refractivity contribution in [1.82, 2.24) is 10.2 Å². The van der Waals surface area contributed by atoms with E-state index in [-0.39, 0.29) is 18.3 Å². The molecule has 0 spiro atoms. The number of carboxylic acids is 2. The zero-order chi connectivity index (χ0) is 23.1. The SMILES string of the molecule is O=C(O)CN1C[C@@H](c2ccc(F)cc2)CC[C@H](N[C@@H](CCc2ccccc2)C(=O)O)C1=O. The lowest BCUT2D eigenvalue weighted by molar-refractivity contribution is -0.146. The number of nitrogens with zero attached hydrogens (tertiary/aromatic N) is 1. The first kappa shape index (κ1) is 23.4. The molecule has 0 aliphatic carbocycles. The van der Waals surface area contributed by atoms with E-state index in [0.717, 1.165) is 11.1 Å². The van der Waals surface area contributed by atoms with Gasteiger partial charge in [-0.15, -0.1) is 0 Å². The molecule has 1 aliphatic rings. The molecule has 1 fully saturated rings. The average molecular weight is 442 g/mol. The zero-order valence-corrected chi connectivity index (χ0v) is 17.6. The van der Waals surface area contributed by atoms with Crippen LogP contribution in [0.1, 0.15) is 36.3 Å². The first-order valence-corrected chi connectivity index (χ1v) is 10.6. The van der Waals surface area contributed by atoms with Gasteiger partial charge >= 0.3 is 11.9 Å². The summed E-state index contributed by atoms with van der Waals surface area (Å²) in [5, 5.41) is 21.9. The number of aryl methyl sites for hydroxylation is 1. The number of rotatable bonds is 9. The van der Waals surface area contributed by atoms with Crippen LogP contribution >= 0.6 is 0 Å². The first-order chi connectivity index (χ1) is 15.3. The van der Waals surface area contributed by atoms with Gasteiger partial charge < -0.3 is 15.1 Å². The van der Waals surface area contributed by atoms with Gasteiger partial charge in [0.1, 0.15) is 18.4 Å². The third-order valence-electron chi connectivity index (χ3n) is 5.79. The predicted octanol–water partition coefficient (Wildman–Crippen LogP) is 2.66. The maximum Gasteiger partial charge on any atom is 0.323 e. The quantitative estimate of drug-likeness (QED) is 0.551. The Morgan fingerprint density at radius 2 is 1.75 bits per heavy atom. The molecule has 3 rings (SSSR count). The summed E-state index contributed by atoms with van der Waals surface area (Å²) in [4.78, 5) is 37.5. The van der Waals surface area contributed by atoms with Crippen LogP contribution in [0, 0.1) is 5.82 Å². The normalized spacial score (nSPS) is 19.9. The van der Waals surface area contributed by atoms with Crippen LogP contribution in [0.15, 0.2) is 54.6 Å². The molecular weight excluding hydrogens is 415 g/mol. The molecule has 170 valence electrons. The van der Waals surface area contributed by atoms with Crippen LogP contribution in [-0.2, 0) is 20.8 Å². The number of benzene rings is 2. The number of likely N-dealkylation sites (tertiary alicyclic amines) is 1. The van der Waals surface area contributed by atoms with E-state index < -0.39 is 36.5 Å². The molecule has 0 aromatic heterocycles. The third-order valence-corrected chi connectivity index (χ3v) is 5.79. The highest BCUT2D eigenvalue weighted by Gasteiger charge is 2.35. The molecule has 0 bridgehead atoms. The van der Waals surface area contributed by atoms with Crippen molar-refractivity contribution >= 4 is 17.8 Å². The molecule has 1 aliphatic heterocycles. The minimum absolute atomic E-state index is 0.168. The van der Waals surface area contributed by atoms with Crippen molar-refractivity contribution in [3.8, 4) is 0 Å². The smallest absolute Gasteiger partial charge is 0.323 e. The van der Waals surface area contributed by atoms with E-state index in [0.29, 0.717) is 25.7 Å². The van der Waals surface area contributed by atoms with Crippen LogP contribution < -0.4 is 5.32 Å². The second-order valence-corrected chi connectivity index (χ2v) is 8.07. The summed E-state index contributed by atoms with van der Waals surface area (Å²) in [6, 6.07) is 13.7. The standard InChI is InChI=1S/C24H27FN2O5/c25-19-10-7-17(8-11-19)18-9-13-20(23(30)27(14-18)15-22(28)29)26-21(24(31)32)12-6-16-4-2-1-3-5-16/h1-5,7-8,10-11,18,20-21,26H,6,9,12-15H2,(H,28,29)(H,31,32)/t18-,20-,21-/m0/s1. The lowest BCUT2D eigenvalue weighted by Gasteiger charge is -2.26. The van der Waals surface area contributed by atoms with E-state index in [1.807, 2.05) is 30.3 Å². The summed E-state index contributed by atoms with van der Waals surface area (Å²) in [6.07, 6.45) is 1.72. The molecular formula is C24H27FN2O5. The fourth-order valence-electron chi connectivity index (χ4n) is 4.10. The molecule has 0 saturated carbocycles. The molecule has 2 aromatic carbocycles. The van der Waals surface area contributed by atoms with Crippen LogP contribution in [0.4, 0.5) is 4.39 Å². The minimum atomic E-state index is -1.14. The molecule has 1 amide bonds. The summed E-state index contributed by atoms with van der Waals surface area (Å²) >= 11 is 0.